The summed E-state index contributed by atoms with van der Waals surface area (Å²) in [6.07, 6.45) is 2.34. The van der Waals surface area contributed by atoms with E-state index in [-0.39, 0.29) is 12.2 Å². The zero-order valence-electron chi connectivity index (χ0n) is 7.79. The number of carboxylic acids is 1. The zero-order valence-corrected chi connectivity index (χ0v) is 7.79. The molecule has 0 aromatic rings. The molecule has 0 fully saturated rings. The lowest BCUT2D eigenvalue weighted by Crippen LogP contribution is -2.18. The van der Waals surface area contributed by atoms with E-state index in [0.29, 0.717) is 0 Å². The summed E-state index contributed by atoms with van der Waals surface area (Å²) in [5.41, 5.74) is -0.115. The molecule has 0 heterocycles. The van der Waals surface area contributed by atoms with Crippen LogP contribution in [0.4, 0.5) is 0 Å². The van der Waals surface area contributed by atoms with Crippen molar-refractivity contribution in [2.45, 2.75) is 27.2 Å². The van der Waals surface area contributed by atoms with Crippen LogP contribution in [0.1, 0.15) is 27.2 Å². The highest BCUT2D eigenvalue weighted by Crippen LogP contribution is 2.23. The summed E-state index contributed by atoms with van der Waals surface area (Å²) in [5, 5.41) is 17.6. The topological polar surface area (TPSA) is 57.5 Å². The second-order valence-electron chi connectivity index (χ2n) is 3.30. The van der Waals surface area contributed by atoms with E-state index in [2.05, 4.69) is 0 Å². The van der Waals surface area contributed by atoms with Crippen LogP contribution < -0.4 is 0 Å². The van der Waals surface area contributed by atoms with Crippen molar-refractivity contribution >= 4 is 5.97 Å². The maximum absolute atomic E-state index is 10.5. The smallest absolute Gasteiger partial charge is 0.330 e. The summed E-state index contributed by atoms with van der Waals surface area (Å²) in [6, 6.07) is 0. The van der Waals surface area contributed by atoms with Gasteiger partial charge in [0.05, 0.1) is 6.61 Å². The number of hydrogen-bond acceptors (Lipinski definition) is 2. The van der Waals surface area contributed by atoms with E-state index in [1.165, 1.54) is 6.92 Å². The van der Waals surface area contributed by atoms with Crippen molar-refractivity contribution in [1.82, 2.24) is 0 Å². The van der Waals surface area contributed by atoms with Crippen LogP contribution in [0, 0.1) is 5.41 Å². The minimum Gasteiger partial charge on any atom is -0.478 e. The average molecular weight is 172 g/mol. The Labute approximate surface area is 72.7 Å². The zero-order chi connectivity index (χ0) is 9.78. The van der Waals surface area contributed by atoms with Crippen LogP contribution >= 0.6 is 0 Å². The van der Waals surface area contributed by atoms with Gasteiger partial charge in [-0.25, -0.2) is 4.79 Å². The molecule has 3 nitrogen and oxygen atoms in total. The van der Waals surface area contributed by atoms with Gasteiger partial charge in [0.2, 0.25) is 0 Å². The summed E-state index contributed by atoms with van der Waals surface area (Å²) < 4.78 is 0. The van der Waals surface area contributed by atoms with Gasteiger partial charge in [0.1, 0.15) is 0 Å². The van der Waals surface area contributed by atoms with Gasteiger partial charge in [0.25, 0.3) is 0 Å². The fourth-order valence-electron chi connectivity index (χ4n) is 0.844. The third-order valence-corrected chi connectivity index (χ3v) is 2.07. The molecule has 70 valence electrons. The monoisotopic (exact) mass is 172 g/mol. The second-order valence-corrected chi connectivity index (χ2v) is 3.30. The average Bonchev–Trinajstić information content (AvgIpc) is 2.04. The number of carboxylic acid groups (broad SMARTS) is 1. The first kappa shape index (κ1) is 11.2. The van der Waals surface area contributed by atoms with Crippen molar-refractivity contribution < 1.29 is 15.0 Å². The minimum absolute atomic E-state index is 0.0197. The van der Waals surface area contributed by atoms with Crippen LogP contribution in [0.2, 0.25) is 0 Å². The van der Waals surface area contributed by atoms with Gasteiger partial charge in [-0.15, -0.1) is 0 Å². The summed E-state index contributed by atoms with van der Waals surface area (Å²) in [6.45, 7) is 5.27. The summed E-state index contributed by atoms with van der Waals surface area (Å²) in [4.78, 5) is 10.5. The van der Waals surface area contributed by atoms with Gasteiger partial charge in [-0.2, -0.15) is 0 Å². The van der Waals surface area contributed by atoms with E-state index < -0.39 is 11.4 Å². The van der Waals surface area contributed by atoms with Crippen LogP contribution in [0.25, 0.3) is 0 Å². The molecule has 1 unspecified atom stereocenters. The first-order valence-electron chi connectivity index (χ1n) is 3.99. The van der Waals surface area contributed by atoms with Crippen molar-refractivity contribution in [3.63, 3.8) is 0 Å². The Hall–Kier alpha value is -0.830. The van der Waals surface area contributed by atoms with E-state index >= 15 is 0 Å². The molecular weight excluding hydrogens is 156 g/mol. The highest BCUT2D eigenvalue weighted by atomic mass is 16.4. The van der Waals surface area contributed by atoms with E-state index in [9.17, 15) is 4.79 Å². The van der Waals surface area contributed by atoms with Crippen LogP contribution in [-0.2, 0) is 4.79 Å². The molecular formula is C9H16O3. The Balaban J connectivity index is 4.57. The number of aliphatic carboxylic acids is 1. The molecule has 0 rings (SSSR count). The molecule has 1 atom stereocenters. The van der Waals surface area contributed by atoms with Crippen LogP contribution in [-0.4, -0.2) is 22.8 Å². The SMILES string of the molecule is CCC(C)(/C=C(\C)C(=O)O)CO. The quantitative estimate of drug-likeness (QED) is 0.630. The molecule has 0 saturated carbocycles. The van der Waals surface area contributed by atoms with E-state index in [4.69, 9.17) is 10.2 Å². The first-order valence-corrected chi connectivity index (χ1v) is 3.99. The largest absolute Gasteiger partial charge is 0.478 e. The number of hydrogen-bond donors (Lipinski definition) is 2. The van der Waals surface area contributed by atoms with E-state index in [0.717, 1.165) is 6.42 Å². The van der Waals surface area contributed by atoms with Gasteiger partial charge in [0, 0.05) is 11.0 Å². The number of rotatable bonds is 4. The molecule has 0 aromatic carbocycles. The summed E-state index contributed by atoms with van der Waals surface area (Å²) in [5.74, 6) is -0.928. The Bertz CT molecular complexity index is 190. The molecule has 0 aliphatic rings. The minimum atomic E-state index is -0.928. The highest BCUT2D eigenvalue weighted by Gasteiger charge is 2.19. The van der Waals surface area contributed by atoms with E-state index in [1.807, 2.05) is 13.8 Å². The van der Waals surface area contributed by atoms with Gasteiger partial charge in [-0.05, 0) is 13.3 Å². The number of carbonyl (C=O) groups is 1. The van der Waals surface area contributed by atoms with Crippen LogP contribution in [0.15, 0.2) is 11.6 Å². The molecule has 12 heavy (non-hydrogen) atoms. The Morgan fingerprint density at radius 3 is 2.33 bits per heavy atom. The second kappa shape index (κ2) is 4.26. The molecule has 0 saturated heterocycles. The maximum Gasteiger partial charge on any atom is 0.330 e. The van der Waals surface area contributed by atoms with Crippen molar-refractivity contribution in [3.8, 4) is 0 Å². The molecule has 0 amide bonds. The molecule has 0 aromatic heterocycles. The molecule has 2 N–H and O–H groups in total. The van der Waals surface area contributed by atoms with Crippen molar-refractivity contribution in [2.24, 2.45) is 5.41 Å². The van der Waals surface area contributed by atoms with Gasteiger partial charge >= 0.3 is 5.97 Å². The number of aliphatic hydroxyl groups excluding tert-OH is 1. The Kier molecular flexibility index (Phi) is 3.96. The third kappa shape index (κ3) is 3.05. The predicted octanol–water partition coefficient (Wildman–Crippen LogP) is 1.43. The number of aliphatic hydroxyl groups is 1. The van der Waals surface area contributed by atoms with E-state index in [1.54, 1.807) is 6.08 Å². The predicted molar refractivity (Wildman–Crippen MR) is 46.9 cm³/mol. The lowest BCUT2D eigenvalue weighted by atomic mass is 9.87. The Morgan fingerprint density at radius 2 is 2.08 bits per heavy atom. The highest BCUT2D eigenvalue weighted by molar-refractivity contribution is 5.85. The van der Waals surface area contributed by atoms with Crippen molar-refractivity contribution in [2.75, 3.05) is 6.61 Å². The van der Waals surface area contributed by atoms with Crippen molar-refractivity contribution in [3.05, 3.63) is 11.6 Å². The summed E-state index contributed by atoms with van der Waals surface area (Å²) in [7, 11) is 0. The lowest BCUT2D eigenvalue weighted by Gasteiger charge is -2.21. The molecule has 0 radical (unpaired) electrons. The lowest BCUT2D eigenvalue weighted by molar-refractivity contribution is -0.132. The fourth-order valence-corrected chi connectivity index (χ4v) is 0.844. The molecule has 0 bridgehead atoms. The van der Waals surface area contributed by atoms with Gasteiger partial charge < -0.3 is 10.2 Å². The Morgan fingerprint density at radius 1 is 1.58 bits per heavy atom. The van der Waals surface area contributed by atoms with Gasteiger partial charge in [-0.3, -0.25) is 0 Å². The molecule has 0 aliphatic heterocycles. The van der Waals surface area contributed by atoms with Crippen LogP contribution in [0.5, 0.6) is 0 Å². The third-order valence-electron chi connectivity index (χ3n) is 2.07. The molecule has 0 aliphatic carbocycles. The summed E-state index contributed by atoms with van der Waals surface area (Å²) >= 11 is 0. The van der Waals surface area contributed by atoms with Crippen molar-refractivity contribution in [1.29, 1.82) is 0 Å². The first-order chi connectivity index (χ1) is 5.45. The van der Waals surface area contributed by atoms with Gasteiger partial charge in [0.15, 0.2) is 0 Å². The fraction of sp³-hybridized carbons (Fsp3) is 0.667. The van der Waals surface area contributed by atoms with Gasteiger partial charge in [-0.1, -0.05) is 19.9 Å². The molecule has 3 heteroatoms. The normalized spacial score (nSPS) is 17.2. The maximum atomic E-state index is 10.5. The molecule has 0 spiro atoms. The standard InChI is InChI=1S/C9H16O3/c1-4-9(3,6-10)5-7(2)8(11)12/h5,10H,4,6H2,1-3H3,(H,11,12)/b7-5+. The van der Waals surface area contributed by atoms with Crippen LogP contribution in [0.3, 0.4) is 0 Å².